The zero-order chi connectivity index (χ0) is 18.3. The second kappa shape index (κ2) is 6.84. The molecule has 2 aromatic carbocycles. The third-order valence-electron chi connectivity index (χ3n) is 6.32. The molecule has 0 bridgehead atoms. The minimum atomic E-state index is -0.611. The summed E-state index contributed by atoms with van der Waals surface area (Å²) in [5.41, 5.74) is 3.54. The van der Waals surface area contributed by atoms with Gasteiger partial charge in [-0.15, -0.1) is 0 Å². The summed E-state index contributed by atoms with van der Waals surface area (Å²) in [7, 11) is 0. The van der Waals surface area contributed by atoms with Gasteiger partial charge in [-0.25, -0.2) is 0 Å². The van der Waals surface area contributed by atoms with Gasteiger partial charge in [0.25, 0.3) is 0 Å². The van der Waals surface area contributed by atoms with Crippen LogP contribution in [0, 0.1) is 22.0 Å². The predicted octanol–water partition coefficient (Wildman–Crippen LogP) is 4.30. The van der Waals surface area contributed by atoms with Gasteiger partial charge in [0.2, 0.25) is 6.04 Å². The van der Waals surface area contributed by atoms with E-state index >= 15 is 0 Å². The molecule has 2 heterocycles. The number of hydrogen-bond donors (Lipinski definition) is 0. The fourth-order valence-electron chi connectivity index (χ4n) is 5.08. The summed E-state index contributed by atoms with van der Waals surface area (Å²) < 4.78 is 0. The highest BCUT2D eigenvalue weighted by Gasteiger charge is 2.53. The van der Waals surface area contributed by atoms with Crippen LogP contribution in [0.15, 0.2) is 54.6 Å². The molecule has 0 spiro atoms. The molecule has 4 atom stereocenters. The molecule has 0 saturated carbocycles. The topological polar surface area (TPSA) is 46.4 Å². The van der Waals surface area contributed by atoms with Crippen molar-refractivity contribution in [2.24, 2.45) is 11.8 Å². The monoisotopic (exact) mass is 350 g/mol. The second-order valence-electron chi connectivity index (χ2n) is 8.01. The highest BCUT2D eigenvalue weighted by atomic mass is 16.6. The van der Waals surface area contributed by atoms with Crippen LogP contribution < -0.4 is 0 Å². The maximum atomic E-state index is 12.3. The first kappa shape index (κ1) is 17.2. The second-order valence-corrected chi connectivity index (χ2v) is 8.01. The largest absolute Gasteiger partial charge is 0.290 e. The number of piperidine rings is 1. The molecular formula is C22H26N2O2. The first-order chi connectivity index (χ1) is 12.6. The Morgan fingerprint density at radius 3 is 2.46 bits per heavy atom. The number of nitro groups is 1. The van der Waals surface area contributed by atoms with Gasteiger partial charge in [-0.2, -0.15) is 0 Å². The van der Waals surface area contributed by atoms with Crippen LogP contribution in [0.5, 0.6) is 0 Å². The normalized spacial score (nSPS) is 28.4. The van der Waals surface area contributed by atoms with E-state index in [1.165, 1.54) is 5.56 Å². The van der Waals surface area contributed by atoms with Crippen LogP contribution in [-0.4, -0.2) is 29.0 Å². The molecule has 2 aliphatic heterocycles. The SMILES string of the molecule is CC(C)[C@H]1CN2CCc3ccccc3[C@@H]2[C@@H]([N+](=O)[O-])[C@@H]1c1ccccc1. The summed E-state index contributed by atoms with van der Waals surface area (Å²) in [5.74, 6) is 0.633. The minimum Gasteiger partial charge on any atom is -0.290 e. The predicted molar refractivity (Wildman–Crippen MR) is 103 cm³/mol. The van der Waals surface area contributed by atoms with E-state index in [0.717, 1.165) is 30.6 Å². The smallest absolute Gasteiger partial charge is 0.239 e. The van der Waals surface area contributed by atoms with E-state index in [9.17, 15) is 10.1 Å². The Morgan fingerprint density at radius 1 is 1.08 bits per heavy atom. The maximum absolute atomic E-state index is 12.3. The molecule has 136 valence electrons. The van der Waals surface area contributed by atoms with Gasteiger partial charge in [0, 0.05) is 18.0 Å². The van der Waals surface area contributed by atoms with E-state index < -0.39 is 6.04 Å². The minimum absolute atomic E-state index is 0.00796. The fourth-order valence-corrected chi connectivity index (χ4v) is 5.08. The summed E-state index contributed by atoms with van der Waals surface area (Å²) in [5, 5.41) is 12.3. The average molecular weight is 350 g/mol. The lowest BCUT2D eigenvalue weighted by atomic mass is 9.67. The number of hydrogen-bond acceptors (Lipinski definition) is 3. The van der Waals surface area contributed by atoms with Crippen LogP contribution in [-0.2, 0) is 6.42 Å². The van der Waals surface area contributed by atoms with Crippen LogP contribution in [0.4, 0.5) is 0 Å². The van der Waals surface area contributed by atoms with Crippen molar-refractivity contribution in [3.8, 4) is 0 Å². The summed E-state index contributed by atoms with van der Waals surface area (Å²) >= 11 is 0. The summed E-state index contributed by atoms with van der Waals surface area (Å²) in [6.45, 7) is 6.25. The van der Waals surface area contributed by atoms with Crippen LogP contribution in [0.2, 0.25) is 0 Å². The first-order valence-corrected chi connectivity index (χ1v) is 9.58. The van der Waals surface area contributed by atoms with E-state index in [1.807, 2.05) is 30.3 Å². The van der Waals surface area contributed by atoms with E-state index in [2.05, 4.69) is 43.0 Å². The Morgan fingerprint density at radius 2 is 1.77 bits per heavy atom. The first-order valence-electron chi connectivity index (χ1n) is 9.58. The number of rotatable bonds is 3. The molecule has 4 heteroatoms. The van der Waals surface area contributed by atoms with Crippen molar-refractivity contribution in [1.29, 1.82) is 0 Å². The summed E-state index contributed by atoms with van der Waals surface area (Å²) in [6.07, 6.45) is 0.984. The zero-order valence-electron chi connectivity index (χ0n) is 15.4. The van der Waals surface area contributed by atoms with E-state index in [0.29, 0.717) is 5.92 Å². The maximum Gasteiger partial charge on any atom is 0.239 e. The van der Waals surface area contributed by atoms with Crippen molar-refractivity contribution >= 4 is 0 Å². The molecular weight excluding hydrogens is 324 g/mol. The average Bonchev–Trinajstić information content (AvgIpc) is 2.66. The van der Waals surface area contributed by atoms with Gasteiger partial charge in [0.15, 0.2) is 0 Å². The molecule has 0 radical (unpaired) electrons. The molecule has 1 saturated heterocycles. The van der Waals surface area contributed by atoms with Gasteiger partial charge in [-0.3, -0.25) is 15.0 Å². The van der Waals surface area contributed by atoms with Gasteiger partial charge in [-0.05, 0) is 34.9 Å². The fraction of sp³-hybridized carbons (Fsp3) is 0.455. The van der Waals surface area contributed by atoms with Gasteiger partial charge in [0.1, 0.15) is 6.04 Å². The van der Waals surface area contributed by atoms with Gasteiger partial charge in [-0.1, -0.05) is 68.4 Å². The third-order valence-corrected chi connectivity index (χ3v) is 6.32. The molecule has 2 aromatic rings. The lowest BCUT2D eigenvalue weighted by Gasteiger charge is -2.49. The van der Waals surface area contributed by atoms with Crippen LogP contribution >= 0.6 is 0 Å². The Labute approximate surface area is 155 Å². The van der Waals surface area contributed by atoms with Crippen LogP contribution in [0.1, 0.15) is 42.5 Å². The van der Waals surface area contributed by atoms with Crippen molar-refractivity contribution in [2.45, 2.75) is 38.3 Å². The lowest BCUT2D eigenvalue weighted by molar-refractivity contribution is -0.542. The molecule has 4 nitrogen and oxygen atoms in total. The standard InChI is InChI=1S/C22H26N2O2/c1-15(2)19-14-23-13-12-16-8-6-7-11-18(16)21(23)22(24(25)26)20(19)17-9-4-3-5-10-17/h3-11,15,19-22H,12-14H2,1-2H3/t19-,20-,21-,22+/m1/s1. The van der Waals surface area contributed by atoms with Crippen molar-refractivity contribution in [3.05, 3.63) is 81.4 Å². The van der Waals surface area contributed by atoms with Crippen molar-refractivity contribution in [1.82, 2.24) is 4.90 Å². The number of benzene rings is 2. The Balaban J connectivity index is 1.85. The highest BCUT2D eigenvalue weighted by molar-refractivity contribution is 5.36. The lowest BCUT2D eigenvalue weighted by Crippen LogP contribution is -2.56. The molecule has 1 fully saturated rings. The molecule has 0 amide bonds. The Hall–Kier alpha value is -2.20. The molecule has 0 N–H and O–H groups in total. The summed E-state index contributed by atoms with van der Waals surface area (Å²) in [6, 6.07) is 17.7. The molecule has 2 aliphatic rings. The van der Waals surface area contributed by atoms with Crippen molar-refractivity contribution in [3.63, 3.8) is 0 Å². The van der Waals surface area contributed by atoms with E-state index in [4.69, 9.17) is 0 Å². The Bertz CT molecular complexity index is 790. The van der Waals surface area contributed by atoms with E-state index in [-0.39, 0.29) is 22.8 Å². The van der Waals surface area contributed by atoms with Gasteiger partial charge in [0.05, 0.1) is 5.92 Å². The van der Waals surface area contributed by atoms with E-state index in [1.54, 1.807) is 0 Å². The molecule has 0 aliphatic carbocycles. The molecule has 0 aromatic heterocycles. The highest BCUT2D eigenvalue weighted by Crippen LogP contribution is 2.48. The van der Waals surface area contributed by atoms with Crippen molar-refractivity contribution < 1.29 is 4.92 Å². The molecule has 4 rings (SSSR count). The zero-order valence-corrected chi connectivity index (χ0v) is 15.4. The third kappa shape index (κ3) is 2.82. The van der Waals surface area contributed by atoms with Gasteiger partial charge < -0.3 is 0 Å². The number of nitrogens with zero attached hydrogens (tertiary/aromatic N) is 2. The molecule has 0 unspecified atom stereocenters. The van der Waals surface area contributed by atoms with Gasteiger partial charge >= 0.3 is 0 Å². The Kier molecular flexibility index (Phi) is 4.53. The number of fused-ring (bicyclic) bond motifs is 3. The van der Waals surface area contributed by atoms with Crippen LogP contribution in [0.25, 0.3) is 0 Å². The quantitative estimate of drug-likeness (QED) is 0.612. The van der Waals surface area contributed by atoms with Crippen molar-refractivity contribution in [2.75, 3.05) is 13.1 Å². The summed E-state index contributed by atoms with van der Waals surface area (Å²) in [4.78, 5) is 14.7. The van der Waals surface area contributed by atoms with Crippen LogP contribution in [0.3, 0.4) is 0 Å². The molecule has 26 heavy (non-hydrogen) atoms.